The number of anilines is 1. The number of benzene rings is 2. The van der Waals surface area contributed by atoms with Crippen LogP contribution in [0, 0.1) is 23.2 Å². The molecule has 0 aromatic heterocycles. The van der Waals surface area contributed by atoms with Crippen molar-refractivity contribution in [3.63, 3.8) is 0 Å². The number of hydrogen-bond acceptors (Lipinski definition) is 4. The monoisotopic (exact) mass is 598 g/mol. The molecule has 2 aliphatic carbocycles. The van der Waals surface area contributed by atoms with Crippen molar-refractivity contribution in [3.05, 3.63) is 64.7 Å². The van der Waals surface area contributed by atoms with Gasteiger partial charge in [0, 0.05) is 30.4 Å². The zero-order valence-corrected chi connectivity index (χ0v) is 24.0. The highest BCUT2D eigenvalue weighted by Gasteiger charge is 2.34. The molecule has 0 aliphatic heterocycles. The standard InChI is InChI=1S/C32H37F3N4O4/c33-32(34,35)26-16-22(19-36)17-27(18-26)38-31(43)39(28-12-10-24(11-13-28)23-4-2-1-3-5-23)20-21-6-8-25(9-7-21)30(42)37-15-14-29(40)41/h6-9,16-18,23-24,28H,1-5,10-15,20H2,(H,37,42)(H,38,43)(H,40,41). The molecule has 4 rings (SSSR count). The third kappa shape index (κ3) is 8.96. The Morgan fingerprint density at radius 3 is 2.19 bits per heavy atom. The summed E-state index contributed by atoms with van der Waals surface area (Å²) in [5.41, 5.74) is -0.259. The minimum absolute atomic E-state index is 0.00352. The predicted octanol–water partition coefficient (Wildman–Crippen LogP) is 6.95. The van der Waals surface area contributed by atoms with Crippen molar-refractivity contribution < 1.29 is 32.7 Å². The van der Waals surface area contributed by atoms with Crippen molar-refractivity contribution in [2.45, 2.75) is 83.0 Å². The summed E-state index contributed by atoms with van der Waals surface area (Å²) in [7, 11) is 0. The molecule has 2 aromatic rings. The van der Waals surface area contributed by atoms with Crippen LogP contribution in [0.4, 0.5) is 23.7 Å². The molecule has 230 valence electrons. The normalized spacial score (nSPS) is 19.2. The maximum Gasteiger partial charge on any atom is 0.416 e. The zero-order valence-electron chi connectivity index (χ0n) is 24.0. The molecule has 0 unspecified atom stereocenters. The number of nitrogens with zero attached hydrogens (tertiary/aromatic N) is 2. The first-order chi connectivity index (χ1) is 20.5. The third-order valence-corrected chi connectivity index (χ3v) is 8.59. The number of amides is 3. The fourth-order valence-corrected chi connectivity index (χ4v) is 6.32. The van der Waals surface area contributed by atoms with Gasteiger partial charge in [-0.3, -0.25) is 9.59 Å². The Kier molecular flexibility index (Phi) is 10.7. The molecule has 0 atom stereocenters. The lowest BCUT2D eigenvalue weighted by atomic mass is 9.72. The number of halogens is 3. The molecule has 3 amide bonds. The van der Waals surface area contributed by atoms with Gasteiger partial charge in [-0.1, -0.05) is 44.2 Å². The number of rotatable bonds is 9. The second-order valence-corrected chi connectivity index (χ2v) is 11.5. The number of alkyl halides is 3. The van der Waals surface area contributed by atoms with E-state index in [1.165, 1.54) is 38.2 Å². The van der Waals surface area contributed by atoms with Crippen LogP contribution in [-0.2, 0) is 17.5 Å². The van der Waals surface area contributed by atoms with Crippen molar-refractivity contribution in [3.8, 4) is 6.07 Å². The second-order valence-electron chi connectivity index (χ2n) is 11.5. The molecule has 0 heterocycles. The summed E-state index contributed by atoms with van der Waals surface area (Å²) >= 11 is 0. The van der Waals surface area contributed by atoms with Gasteiger partial charge in [-0.2, -0.15) is 18.4 Å². The smallest absolute Gasteiger partial charge is 0.416 e. The van der Waals surface area contributed by atoms with E-state index < -0.39 is 29.6 Å². The lowest BCUT2D eigenvalue weighted by Crippen LogP contribution is -2.44. The molecule has 43 heavy (non-hydrogen) atoms. The quantitative estimate of drug-likeness (QED) is 0.288. The number of carboxylic acids is 1. The van der Waals surface area contributed by atoms with Crippen LogP contribution in [0.5, 0.6) is 0 Å². The van der Waals surface area contributed by atoms with Gasteiger partial charge in [0.1, 0.15) is 0 Å². The summed E-state index contributed by atoms with van der Waals surface area (Å²) in [6.07, 6.45) is 4.94. The molecule has 0 radical (unpaired) electrons. The molecule has 2 fully saturated rings. The Morgan fingerprint density at radius 2 is 1.58 bits per heavy atom. The minimum atomic E-state index is -4.68. The number of aliphatic carboxylic acids is 1. The third-order valence-electron chi connectivity index (χ3n) is 8.59. The summed E-state index contributed by atoms with van der Waals surface area (Å²) in [6, 6.07) is 10.4. The van der Waals surface area contributed by atoms with Gasteiger partial charge in [0.05, 0.1) is 23.6 Å². The van der Waals surface area contributed by atoms with E-state index in [2.05, 4.69) is 10.6 Å². The summed E-state index contributed by atoms with van der Waals surface area (Å²) in [5, 5.41) is 23.2. The molecular weight excluding hydrogens is 561 g/mol. The van der Waals surface area contributed by atoms with Crippen LogP contribution >= 0.6 is 0 Å². The van der Waals surface area contributed by atoms with E-state index >= 15 is 0 Å². The van der Waals surface area contributed by atoms with E-state index in [1.54, 1.807) is 35.2 Å². The lowest BCUT2D eigenvalue weighted by molar-refractivity contribution is -0.138. The van der Waals surface area contributed by atoms with E-state index in [1.807, 2.05) is 0 Å². The largest absolute Gasteiger partial charge is 0.481 e. The number of nitrogens with one attached hydrogen (secondary N) is 2. The van der Waals surface area contributed by atoms with Gasteiger partial charge in [0.25, 0.3) is 5.91 Å². The van der Waals surface area contributed by atoms with Crippen LogP contribution in [-0.4, -0.2) is 40.5 Å². The van der Waals surface area contributed by atoms with E-state index in [9.17, 15) is 32.8 Å². The summed E-state index contributed by atoms with van der Waals surface area (Å²) in [5.74, 6) is -0.111. The molecule has 2 aromatic carbocycles. The maximum atomic E-state index is 13.6. The highest BCUT2D eigenvalue weighted by atomic mass is 19.4. The average Bonchev–Trinajstić information content (AvgIpc) is 2.99. The highest BCUT2D eigenvalue weighted by molar-refractivity contribution is 5.94. The van der Waals surface area contributed by atoms with Crippen molar-refractivity contribution in [2.75, 3.05) is 11.9 Å². The molecule has 11 heteroatoms. The van der Waals surface area contributed by atoms with Crippen LogP contribution in [0.25, 0.3) is 0 Å². The van der Waals surface area contributed by atoms with E-state index in [0.717, 1.165) is 43.4 Å². The number of carbonyl (C=O) groups excluding carboxylic acids is 2. The van der Waals surface area contributed by atoms with Gasteiger partial charge in [0.2, 0.25) is 0 Å². The van der Waals surface area contributed by atoms with Gasteiger partial charge in [0.15, 0.2) is 0 Å². The van der Waals surface area contributed by atoms with E-state index in [0.29, 0.717) is 17.4 Å². The van der Waals surface area contributed by atoms with Crippen molar-refractivity contribution in [1.82, 2.24) is 10.2 Å². The summed E-state index contributed by atoms with van der Waals surface area (Å²) < 4.78 is 40.4. The predicted molar refractivity (Wildman–Crippen MR) is 154 cm³/mol. The van der Waals surface area contributed by atoms with E-state index in [-0.39, 0.29) is 36.8 Å². The molecule has 0 spiro atoms. The lowest BCUT2D eigenvalue weighted by Gasteiger charge is -2.40. The molecular formula is C32H37F3N4O4. The number of carboxylic acid groups (broad SMARTS) is 1. The Hall–Kier alpha value is -4.07. The highest BCUT2D eigenvalue weighted by Crippen LogP contribution is 2.40. The first-order valence-electron chi connectivity index (χ1n) is 14.8. The van der Waals surface area contributed by atoms with E-state index in [4.69, 9.17) is 5.11 Å². The summed E-state index contributed by atoms with van der Waals surface area (Å²) in [4.78, 5) is 38.3. The van der Waals surface area contributed by atoms with Crippen LogP contribution in [0.1, 0.15) is 91.3 Å². The van der Waals surface area contributed by atoms with Gasteiger partial charge >= 0.3 is 18.2 Å². The molecule has 0 saturated heterocycles. The number of urea groups is 1. The molecule has 2 saturated carbocycles. The van der Waals surface area contributed by atoms with Gasteiger partial charge in [-0.15, -0.1) is 0 Å². The number of nitriles is 1. The van der Waals surface area contributed by atoms with Gasteiger partial charge in [-0.05, 0) is 73.4 Å². The van der Waals surface area contributed by atoms with Crippen LogP contribution in [0.2, 0.25) is 0 Å². The number of carbonyl (C=O) groups is 3. The van der Waals surface area contributed by atoms with Crippen LogP contribution in [0.15, 0.2) is 42.5 Å². The van der Waals surface area contributed by atoms with Crippen LogP contribution < -0.4 is 10.6 Å². The second kappa shape index (κ2) is 14.4. The molecule has 2 aliphatic rings. The molecule has 0 bridgehead atoms. The average molecular weight is 599 g/mol. The van der Waals surface area contributed by atoms with Crippen molar-refractivity contribution in [2.24, 2.45) is 11.8 Å². The summed E-state index contributed by atoms with van der Waals surface area (Å²) in [6.45, 7) is 0.173. The Bertz CT molecular complexity index is 1330. The fraction of sp³-hybridized carbons (Fsp3) is 0.500. The Morgan fingerprint density at radius 1 is 0.930 bits per heavy atom. The first-order valence-corrected chi connectivity index (χ1v) is 14.8. The van der Waals surface area contributed by atoms with Crippen molar-refractivity contribution in [1.29, 1.82) is 5.26 Å². The van der Waals surface area contributed by atoms with Crippen LogP contribution in [0.3, 0.4) is 0 Å². The van der Waals surface area contributed by atoms with Gasteiger partial charge in [-0.25, -0.2) is 4.79 Å². The Balaban J connectivity index is 1.50. The zero-order chi connectivity index (χ0) is 31.0. The first kappa shape index (κ1) is 31.9. The molecule has 8 nitrogen and oxygen atoms in total. The maximum absolute atomic E-state index is 13.6. The molecule has 3 N–H and O–H groups in total. The SMILES string of the molecule is N#Cc1cc(NC(=O)N(Cc2ccc(C(=O)NCCC(=O)O)cc2)C2CCC(C3CCCCC3)CC2)cc(C(F)(F)F)c1. The Labute approximate surface area is 249 Å². The number of hydrogen-bond donors (Lipinski definition) is 3. The van der Waals surface area contributed by atoms with Crippen molar-refractivity contribution >= 4 is 23.6 Å². The topological polar surface area (TPSA) is 123 Å². The van der Waals surface area contributed by atoms with Gasteiger partial charge < -0.3 is 20.6 Å². The minimum Gasteiger partial charge on any atom is -0.481 e. The fourth-order valence-electron chi connectivity index (χ4n) is 6.32.